The van der Waals surface area contributed by atoms with Crippen LogP contribution < -0.4 is 11.3 Å². The van der Waals surface area contributed by atoms with Gasteiger partial charge in [-0.05, 0) is 32.1 Å². The number of hydrazine groups is 1. The van der Waals surface area contributed by atoms with Crippen LogP contribution in [0, 0.1) is 5.92 Å². The maximum absolute atomic E-state index is 5.56. The average Bonchev–Trinajstić information content (AvgIpc) is 2.15. The maximum atomic E-state index is 5.56. The van der Waals surface area contributed by atoms with Gasteiger partial charge in [-0.3, -0.25) is 11.3 Å². The molecule has 0 aliphatic heterocycles. The Morgan fingerprint density at radius 3 is 2.54 bits per heavy atom. The van der Waals surface area contributed by atoms with Gasteiger partial charge >= 0.3 is 0 Å². The van der Waals surface area contributed by atoms with E-state index in [1.807, 2.05) is 0 Å². The summed E-state index contributed by atoms with van der Waals surface area (Å²) in [6.07, 6.45) is 7.85. The number of hydrogen-bond donors (Lipinski definition) is 2. The summed E-state index contributed by atoms with van der Waals surface area (Å²) in [5.74, 6) is 6.33. The largest absolute Gasteiger partial charge is 0.271 e. The minimum Gasteiger partial charge on any atom is -0.271 e. The molecule has 0 amide bonds. The van der Waals surface area contributed by atoms with Gasteiger partial charge in [-0.15, -0.1) is 6.58 Å². The summed E-state index contributed by atoms with van der Waals surface area (Å²) in [6.45, 7) is 6.02. The Morgan fingerprint density at radius 2 is 2.08 bits per heavy atom. The molecule has 0 aromatic carbocycles. The molecule has 76 valence electrons. The standard InChI is InChI=1S/C11H22N2/c1-9(2)8-11(13-12)10-6-4-3-5-7-10/h10-11,13H,1,3-8,12H2,2H3. The highest BCUT2D eigenvalue weighted by atomic mass is 15.2. The SMILES string of the molecule is C=C(C)CC(NN)C1CCCCC1. The van der Waals surface area contributed by atoms with Crippen molar-refractivity contribution in [2.24, 2.45) is 11.8 Å². The molecule has 0 heterocycles. The number of hydrogen-bond acceptors (Lipinski definition) is 2. The first-order valence-electron chi connectivity index (χ1n) is 5.34. The van der Waals surface area contributed by atoms with Crippen LogP contribution in [-0.2, 0) is 0 Å². The molecule has 0 aromatic rings. The lowest BCUT2D eigenvalue weighted by Gasteiger charge is -2.29. The summed E-state index contributed by atoms with van der Waals surface area (Å²) in [5, 5.41) is 0. The molecule has 0 bridgehead atoms. The van der Waals surface area contributed by atoms with Crippen LogP contribution in [0.15, 0.2) is 12.2 Å². The van der Waals surface area contributed by atoms with Crippen LogP contribution in [0.5, 0.6) is 0 Å². The summed E-state index contributed by atoms with van der Waals surface area (Å²) >= 11 is 0. The molecule has 1 aliphatic carbocycles. The van der Waals surface area contributed by atoms with Gasteiger partial charge in [0.1, 0.15) is 0 Å². The van der Waals surface area contributed by atoms with E-state index in [4.69, 9.17) is 5.84 Å². The first-order valence-corrected chi connectivity index (χ1v) is 5.34. The van der Waals surface area contributed by atoms with Crippen molar-refractivity contribution in [3.63, 3.8) is 0 Å². The zero-order chi connectivity index (χ0) is 9.68. The van der Waals surface area contributed by atoms with E-state index in [1.54, 1.807) is 0 Å². The lowest BCUT2D eigenvalue weighted by molar-refractivity contribution is 0.268. The second-order valence-electron chi connectivity index (χ2n) is 4.33. The smallest absolute Gasteiger partial charge is 0.0275 e. The Balaban J connectivity index is 2.39. The van der Waals surface area contributed by atoms with Gasteiger partial charge in [0.05, 0.1) is 0 Å². The second-order valence-corrected chi connectivity index (χ2v) is 4.33. The lowest BCUT2D eigenvalue weighted by atomic mass is 9.82. The van der Waals surface area contributed by atoms with E-state index in [9.17, 15) is 0 Å². The third-order valence-electron chi connectivity index (χ3n) is 3.00. The highest BCUT2D eigenvalue weighted by Crippen LogP contribution is 2.28. The summed E-state index contributed by atoms with van der Waals surface area (Å²) in [7, 11) is 0. The topological polar surface area (TPSA) is 38.0 Å². The molecule has 2 nitrogen and oxygen atoms in total. The van der Waals surface area contributed by atoms with Gasteiger partial charge < -0.3 is 0 Å². The fourth-order valence-corrected chi connectivity index (χ4v) is 2.27. The molecule has 2 heteroatoms. The van der Waals surface area contributed by atoms with E-state index in [0.29, 0.717) is 6.04 Å². The van der Waals surface area contributed by atoms with Crippen molar-refractivity contribution in [2.75, 3.05) is 0 Å². The predicted molar refractivity (Wildman–Crippen MR) is 57.1 cm³/mol. The zero-order valence-corrected chi connectivity index (χ0v) is 8.68. The average molecular weight is 182 g/mol. The van der Waals surface area contributed by atoms with Crippen LogP contribution in [-0.4, -0.2) is 6.04 Å². The van der Waals surface area contributed by atoms with E-state index >= 15 is 0 Å². The van der Waals surface area contributed by atoms with Crippen LogP contribution in [0.3, 0.4) is 0 Å². The van der Waals surface area contributed by atoms with Crippen molar-refractivity contribution in [1.82, 2.24) is 5.43 Å². The third kappa shape index (κ3) is 3.49. The van der Waals surface area contributed by atoms with E-state index in [1.165, 1.54) is 37.7 Å². The molecule has 0 saturated heterocycles. The Kier molecular flexibility index (Phi) is 4.46. The van der Waals surface area contributed by atoms with Crippen molar-refractivity contribution in [3.05, 3.63) is 12.2 Å². The molecule has 13 heavy (non-hydrogen) atoms. The van der Waals surface area contributed by atoms with Crippen LogP contribution in [0.25, 0.3) is 0 Å². The van der Waals surface area contributed by atoms with E-state index < -0.39 is 0 Å². The van der Waals surface area contributed by atoms with Crippen molar-refractivity contribution in [1.29, 1.82) is 0 Å². The van der Waals surface area contributed by atoms with Crippen molar-refractivity contribution < 1.29 is 0 Å². The highest BCUT2D eigenvalue weighted by Gasteiger charge is 2.22. The van der Waals surface area contributed by atoms with E-state index in [0.717, 1.165) is 12.3 Å². The van der Waals surface area contributed by atoms with Crippen LogP contribution in [0.1, 0.15) is 45.4 Å². The molecular weight excluding hydrogens is 160 g/mol. The monoisotopic (exact) mass is 182 g/mol. The minimum atomic E-state index is 0.456. The molecule has 3 N–H and O–H groups in total. The van der Waals surface area contributed by atoms with Crippen LogP contribution >= 0.6 is 0 Å². The molecule has 1 rings (SSSR count). The van der Waals surface area contributed by atoms with Crippen molar-refractivity contribution in [2.45, 2.75) is 51.5 Å². The first-order chi connectivity index (χ1) is 6.24. The quantitative estimate of drug-likeness (QED) is 0.398. The van der Waals surface area contributed by atoms with Gasteiger partial charge in [0.2, 0.25) is 0 Å². The van der Waals surface area contributed by atoms with Gasteiger partial charge in [0.25, 0.3) is 0 Å². The molecule has 1 atom stereocenters. The molecule has 0 aromatic heterocycles. The molecule has 1 fully saturated rings. The Labute approximate surface area is 81.6 Å². The lowest BCUT2D eigenvalue weighted by Crippen LogP contribution is -2.41. The zero-order valence-electron chi connectivity index (χ0n) is 8.68. The van der Waals surface area contributed by atoms with E-state index in [-0.39, 0.29) is 0 Å². The third-order valence-corrected chi connectivity index (χ3v) is 3.00. The van der Waals surface area contributed by atoms with E-state index in [2.05, 4.69) is 18.9 Å². The van der Waals surface area contributed by atoms with Crippen molar-refractivity contribution in [3.8, 4) is 0 Å². The Hall–Kier alpha value is -0.340. The first kappa shape index (κ1) is 10.7. The fourth-order valence-electron chi connectivity index (χ4n) is 2.27. The van der Waals surface area contributed by atoms with Gasteiger partial charge in [-0.1, -0.05) is 24.8 Å². The Bertz CT molecular complexity index is 159. The highest BCUT2D eigenvalue weighted by molar-refractivity contribution is 4.94. The summed E-state index contributed by atoms with van der Waals surface area (Å²) in [6, 6.07) is 0.456. The predicted octanol–water partition coefficient (Wildman–Crippen LogP) is 2.36. The van der Waals surface area contributed by atoms with Gasteiger partial charge in [0.15, 0.2) is 0 Å². The van der Waals surface area contributed by atoms with Gasteiger partial charge in [0, 0.05) is 6.04 Å². The van der Waals surface area contributed by atoms with Gasteiger partial charge in [-0.2, -0.15) is 0 Å². The molecule has 0 radical (unpaired) electrons. The molecule has 1 aliphatic rings. The summed E-state index contributed by atoms with van der Waals surface area (Å²) in [4.78, 5) is 0. The second kappa shape index (κ2) is 5.40. The summed E-state index contributed by atoms with van der Waals surface area (Å²) in [5.41, 5.74) is 4.17. The number of rotatable bonds is 4. The molecule has 1 unspecified atom stereocenters. The number of nitrogens with two attached hydrogens (primary N) is 1. The normalized spacial score (nSPS) is 21.4. The molecular formula is C11H22N2. The fraction of sp³-hybridized carbons (Fsp3) is 0.818. The molecule has 0 spiro atoms. The minimum absolute atomic E-state index is 0.456. The number of nitrogens with one attached hydrogen (secondary N) is 1. The van der Waals surface area contributed by atoms with Crippen LogP contribution in [0.2, 0.25) is 0 Å². The Morgan fingerprint density at radius 1 is 1.46 bits per heavy atom. The van der Waals surface area contributed by atoms with Crippen molar-refractivity contribution >= 4 is 0 Å². The molecule has 1 saturated carbocycles. The maximum Gasteiger partial charge on any atom is 0.0275 e. The van der Waals surface area contributed by atoms with Gasteiger partial charge in [-0.25, -0.2) is 0 Å². The van der Waals surface area contributed by atoms with Crippen LogP contribution in [0.4, 0.5) is 0 Å². The summed E-state index contributed by atoms with van der Waals surface area (Å²) < 4.78 is 0.